The zero-order valence-corrected chi connectivity index (χ0v) is 12.4. The van der Waals surface area contributed by atoms with Gasteiger partial charge in [0.1, 0.15) is 18.2 Å². The van der Waals surface area contributed by atoms with Crippen LogP contribution in [-0.4, -0.2) is 35.0 Å². The summed E-state index contributed by atoms with van der Waals surface area (Å²) >= 11 is 0. The second-order valence-corrected chi connectivity index (χ2v) is 5.63. The molecule has 1 amide bonds. The van der Waals surface area contributed by atoms with Crippen LogP contribution in [0.1, 0.15) is 38.2 Å². The van der Waals surface area contributed by atoms with Gasteiger partial charge in [0.25, 0.3) is 0 Å². The molecule has 0 saturated heterocycles. The van der Waals surface area contributed by atoms with E-state index in [1.165, 1.54) is 11.0 Å². The number of halogens is 2. The predicted octanol–water partition coefficient (Wildman–Crippen LogP) is 2.71. The normalized spacial score (nSPS) is 16.5. The summed E-state index contributed by atoms with van der Waals surface area (Å²) < 4.78 is 27.4. The summed E-state index contributed by atoms with van der Waals surface area (Å²) in [6, 6.07) is 3.22. The Kier molecular flexibility index (Phi) is 4.78. The average Bonchev–Trinajstić information content (AvgIpc) is 2.94. The molecule has 0 atom stereocenters. The van der Waals surface area contributed by atoms with Crippen LogP contribution in [-0.2, 0) is 15.0 Å². The summed E-state index contributed by atoms with van der Waals surface area (Å²) in [5.41, 5.74) is -0.913. The smallest absolute Gasteiger partial charge is 0.323 e. The van der Waals surface area contributed by atoms with Crippen molar-refractivity contribution in [3.8, 4) is 0 Å². The van der Waals surface area contributed by atoms with Gasteiger partial charge in [0.15, 0.2) is 0 Å². The Labute approximate surface area is 127 Å². The molecule has 0 unspecified atom stereocenters. The molecule has 1 fully saturated rings. The van der Waals surface area contributed by atoms with Gasteiger partial charge in [-0.2, -0.15) is 0 Å². The Bertz CT molecular complexity index is 583. The number of aliphatic carboxylic acids is 1. The van der Waals surface area contributed by atoms with E-state index in [0.717, 1.165) is 25.0 Å². The molecule has 1 aromatic rings. The number of amides is 1. The molecule has 22 heavy (non-hydrogen) atoms. The number of likely N-dealkylation sites (N-methyl/N-ethyl adjacent to an activating group) is 1. The summed E-state index contributed by atoms with van der Waals surface area (Å²) in [5, 5.41) is 8.93. The van der Waals surface area contributed by atoms with Gasteiger partial charge in [-0.3, -0.25) is 9.59 Å². The first-order valence-corrected chi connectivity index (χ1v) is 7.37. The Hall–Kier alpha value is -1.98. The van der Waals surface area contributed by atoms with E-state index in [4.69, 9.17) is 5.11 Å². The van der Waals surface area contributed by atoms with Crippen LogP contribution in [0.2, 0.25) is 0 Å². The second-order valence-electron chi connectivity index (χ2n) is 5.63. The van der Waals surface area contributed by atoms with Gasteiger partial charge in [-0.1, -0.05) is 18.9 Å². The van der Waals surface area contributed by atoms with Gasteiger partial charge in [0.2, 0.25) is 5.91 Å². The fraction of sp³-hybridized carbons (Fsp3) is 0.500. The number of carboxylic acid groups (broad SMARTS) is 1. The molecule has 4 nitrogen and oxygen atoms in total. The number of carboxylic acids is 1. The molecule has 1 saturated carbocycles. The minimum absolute atomic E-state index is 0.167. The van der Waals surface area contributed by atoms with Crippen LogP contribution in [0, 0.1) is 11.6 Å². The molecule has 0 aromatic heterocycles. The lowest BCUT2D eigenvalue weighted by atomic mass is 9.77. The molecular formula is C16H19F2NO3. The number of hydrogen-bond donors (Lipinski definition) is 1. The van der Waals surface area contributed by atoms with E-state index in [0.29, 0.717) is 12.8 Å². The van der Waals surface area contributed by atoms with Crippen molar-refractivity contribution < 1.29 is 23.5 Å². The first-order valence-electron chi connectivity index (χ1n) is 7.37. The molecule has 2 rings (SSSR count). The third kappa shape index (κ3) is 2.96. The van der Waals surface area contributed by atoms with Crippen LogP contribution >= 0.6 is 0 Å². The van der Waals surface area contributed by atoms with Crippen LogP contribution in [0.25, 0.3) is 0 Å². The van der Waals surface area contributed by atoms with Crippen molar-refractivity contribution in [2.45, 2.75) is 38.0 Å². The lowest BCUT2D eigenvalue weighted by Gasteiger charge is -2.34. The highest BCUT2D eigenvalue weighted by atomic mass is 19.1. The first kappa shape index (κ1) is 16.4. The van der Waals surface area contributed by atoms with E-state index >= 15 is 0 Å². The molecule has 0 aliphatic heterocycles. The topological polar surface area (TPSA) is 57.6 Å². The van der Waals surface area contributed by atoms with Gasteiger partial charge in [-0.15, -0.1) is 0 Å². The Morgan fingerprint density at radius 3 is 2.41 bits per heavy atom. The fourth-order valence-electron chi connectivity index (χ4n) is 3.25. The maximum atomic E-state index is 14.2. The molecule has 1 aliphatic carbocycles. The first-order chi connectivity index (χ1) is 10.4. The summed E-state index contributed by atoms with van der Waals surface area (Å²) in [4.78, 5) is 25.0. The zero-order chi connectivity index (χ0) is 16.3. The Balaban J connectivity index is 2.43. The van der Waals surface area contributed by atoms with Gasteiger partial charge in [0, 0.05) is 18.2 Å². The van der Waals surface area contributed by atoms with Crippen molar-refractivity contribution in [1.29, 1.82) is 0 Å². The molecule has 1 N–H and O–H groups in total. The number of rotatable bonds is 5. The monoisotopic (exact) mass is 311 g/mol. The molecule has 0 radical (unpaired) electrons. The number of benzene rings is 1. The maximum Gasteiger partial charge on any atom is 0.323 e. The SMILES string of the molecule is CCN(CC(=O)O)C(=O)C1(c2ccc(F)cc2F)CCCC1. The molecule has 0 heterocycles. The van der Waals surface area contributed by atoms with Gasteiger partial charge < -0.3 is 10.0 Å². The number of carbonyl (C=O) groups excluding carboxylic acids is 1. The highest BCUT2D eigenvalue weighted by Crippen LogP contribution is 2.43. The number of carbonyl (C=O) groups is 2. The molecule has 0 spiro atoms. The van der Waals surface area contributed by atoms with Gasteiger partial charge in [-0.05, 0) is 25.8 Å². The van der Waals surface area contributed by atoms with Crippen molar-refractivity contribution in [3.63, 3.8) is 0 Å². The summed E-state index contributed by atoms with van der Waals surface area (Å²) in [7, 11) is 0. The largest absolute Gasteiger partial charge is 0.480 e. The highest BCUT2D eigenvalue weighted by Gasteiger charge is 2.46. The number of hydrogen-bond acceptors (Lipinski definition) is 2. The summed E-state index contributed by atoms with van der Waals surface area (Å²) in [6.45, 7) is 1.50. The molecule has 0 bridgehead atoms. The predicted molar refractivity (Wildman–Crippen MR) is 76.4 cm³/mol. The average molecular weight is 311 g/mol. The maximum absolute atomic E-state index is 14.2. The van der Waals surface area contributed by atoms with E-state index in [1.807, 2.05) is 0 Å². The summed E-state index contributed by atoms with van der Waals surface area (Å²) in [5.74, 6) is -2.94. The lowest BCUT2D eigenvalue weighted by Crippen LogP contribution is -2.47. The third-order valence-corrected chi connectivity index (χ3v) is 4.31. The molecular weight excluding hydrogens is 292 g/mol. The number of nitrogens with zero attached hydrogens (tertiary/aromatic N) is 1. The van der Waals surface area contributed by atoms with Crippen molar-refractivity contribution in [1.82, 2.24) is 4.90 Å². The van der Waals surface area contributed by atoms with Gasteiger partial charge in [0.05, 0.1) is 5.41 Å². The molecule has 6 heteroatoms. The van der Waals surface area contributed by atoms with Gasteiger partial charge in [-0.25, -0.2) is 8.78 Å². The van der Waals surface area contributed by atoms with Crippen molar-refractivity contribution in [2.75, 3.05) is 13.1 Å². The van der Waals surface area contributed by atoms with E-state index in [1.54, 1.807) is 6.92 Å². The standard InChI is InChI=1S/C16H19F2NO3/c1-2-19(10-14(20)21)15(22)16(7-3-4-8-16)12-6-5-11(17)9-13(12)18/h5-6,9H,2-4,7-8,10H2,1H3,(H,20,21). The van der Waals surface area contributed by atoms with Crippen molar-refractivity contribution in [3.05, 3.63) is 35.4 Å². The molecule has 1 aromatic carbocycles. The Morgan fingerprint density at radius 1 is 1.27 bits per heavy atom. The van der Waals surface area contributed by atoms with Crippen LogP contribution in [0.4, 0.5) is 8.78 Å². The molecule has 120 valence electrons. The molecule has 1 aliphatic rings. The van der Waals surface area contributed by atoms with Crippen LogP contribution in [0.3, 0.4) is 0 Å². The van der Waals surface area contributed by atoms with Crippen LogP contribution < -0.4 is 0 Å². The minimum atomic E-state index is -1.11. The highest BCUT2D eigenvalue weighted by molar-refractivity contribution is 5.91. The fourth-order valence-corrected chi connectivity index (χ4v) is 3.25. The second kappa shape index (κ2) is 6.42. The van der Waals surface area contributed by atoms with Crippen molar-refractivity contribution >= 4 is 11.9 Å². The lowest BCUT2D eigenvalue weighted by molar-refractivity contribution is -0.147. The van der Waals surface area contributed by atoms with Crippen LogP contribution in [0.5, 0.6) is 0 Å². The quantitative estimate of drug-likeness (QED) is 0.909. The summed E-state index contributed by atoms with van der Waals surface area (Å²) in [6.07, 6.45) is 2.41. The van der Waals surface area contributed by atoms with E-state index in [9.17, 15) is 18.4 Å². The van der Waals surface area contributed by atoms with Gasteiger partial charge >= 0.3 is 5.97 Å². The third-order valence-electron chi connectivity index (χ3n) is 4.31. The Morgan fingerprint density at radius 2 is 1.91 bits per heavy atom. The zero-order valence-electron chi connectivity index (χ0n) is 12.4. The van der Waals surface area contributed by atoms with E-state index < -0.39 is 29.6 Å². The van der Waals surface area contributed by atoms with Crippen molar-refractivity contribution in [2.24, 2.45) is 0 Å². The minimum Gasteiger partial charge on any atom is -0.480 e. The van der Waals surface area contributed by atoms with Crippen LogP contribution in [0.15, 0.2) is 18.2 Å². The van der Waals surface area contributed by atoms with E-state index in [2.05, 4.69) is 0 Å². The van der Waals surface area contributed by atoms with E-state index in [-0.39, 0.29) is 18.0 Å².